The van der Waals surface area contributed by atoms with Crippen molar-refractivity contribution in [2.45, 2.75) is 0 Å². The molecule has 15 heavy (non-hydrogen) atoms. The Morgan fingerprint density at radius 2 is 1.80 bits per heavy atom. The Labute approximate surface area is 92.3 Å². The number of hydrogen-bond acceptors (Lipinski definition) is 1. The van der Waals surface area contributed by atoms with Gasteiger partial charge in [-0.15, -0.1) is 0 Å². The summed E-state index contributed by atoms with van der Waals surface area (Å²) in [5.74, 6) is -0.411. The first-order valence-corrected chi connectivity index (χ1v) is 4.86. The number of nitrogen functional groups attached to an aromatic ring is 1. The van der Waals surface area contributed by atoms with Gasteiger partial charge in [-0.05, 0) is 23.8 Å². The Morgan fingerprint density at radius 1 is 1.07 bits per heavy atom. The molecule has 3 heteroatoms. The summed E-state index contributed by atoms with van der Waals surface area (Å²) in [7, 11) is 0. The van der Waals surface area contributed by atoms with Crippen LogP contribution in [0.15, 0.2) is 42.5 Å². The first kappa shape index (κ1) is 9.99. The van der Waals surface area contributed by atoms with Crippen molar-refractivity contribution in [3.8, 4) is 11.1 Å². The van der Waals surface area contributed by atoms with Crippen molar-refractivity contribution >= 4 is 17.3 Å². The lowest BCUT2D eigenvalue weighted by molar-refractivity contribution is 0.632. The topological polar surface area (TPSA) is 26.0 Å². The van der Waals surface area contributed by atoms with Gasteiger partial charge < -0.3 is 5.73 Å². The third-order valence-corrected chi connectivity index (χ3v) is 2.51. The summed E-state index contributed by atoms with van der Waals surface area (Å²) < 4.78 is 13.0. The highest BCUT2D eigenvalue weighted by atomic mass is 35.5. The molecule has 1 nitrogen and oxygen atoms in total. The van der Waals surface area contributed by atoms with E-state index in [0.29, 0.717) is 5.02 Å². The van der Waals surface area contributed by atoms with Gasteiger partial charge in [0.25, 0.3) is 0 Å². The van der Waals surface area contributed by atoms with E-state index in [-0.39, 0.29) is 5.69 Å². The second-order valence-corrected chi connectivity index (χ2v) is 3.62. The van der Waals surface area contributed by atoms with Gasteiger partial charge in [0.2, 0.25) is 0 Å². The standard InChI is InChI=1S/C12H9ClFN/c13-10-4-2-1-3-9(10)8-5-6-11(14)12(15)7-8/h1-7H,15H2. The maximum absolute atomic E-state index is 13.0. The minimum Gasteiger partial charge on any atom is -0.396 e. The molecule has 0 amide bonds. The van der Waals surface area contributed by atoms with E-state index in [1.54, 1.807) is 18.2 Å². The van der Waals surface area contributed by atoms with E-state index in [2.05, 4.69) is 0 Å². The van der Waals surface area contributed by atoms with E-state index in [1.165, 1.54) is 6.07 Å². The molecule has 2 rings (SSSR count). The normalized spacial score (nSPS) is 10.3. The van der Waals surface area contributed by atoms with Crippen LogP contribution in [-0.4, -0.2) is 0 Å². The van der Waals surface area contributed by atoms with Crippen LogP contribution in [0.25, 0.3) is 11.1 Å². The molecule has 0 aromatic heterocycles. The van der Waals surface area contributed by atoms with Gasteiger partial charge in [0, 0.05) is 10.6 Å². The van der Waals surface area contributed by atoms with E-state index in [4.69, 9.17) is 17.3 Å². The van der Waals surface area contributed by atoms with Crippen molar-refractivity contribution in [2.75, 3.05) is 5.73 Å². The molecule has 2 aromatic carbocycles. The molecule has 0 bridgehead atoms. The Morgan fingerprint density at radius 3 is 2.47 bits per heavy atom. The Balaban J connectivity index is 2.55. The summed E-state index contributed by atoms with van der Waals surface area (Å²) in [5.41, 5.74) is 7.29. The summed E-state index contributed by atoms with van der Waals surface area (Å²) >= 11 is 6.02. The van der Waals surface area contributed by atoms with E-state index in [1.807, 2.05) is 18.2 Å². The van der Waals surface area contributed by atoms with Gasteiger partial charge in [-0.3, -0.25) is 0 Å². The highest BCUT2D eigenvalue weighted by molar-refractivity contribution is 6.33. The molecule has 0 heterocycles. The average molecular weight is 222 g/mol. The molecule has 0 radical (unpaired) electrons. The number of anilines is 1. The van der Waals surface area contributed by atoms with E-state index in [9.17, 15) is 4.39 Å². The molecule has 76 valence electrons. The van der Waals surface area contributed by atoms with Gasteiger partial charge in [-0.1, -0.05) is 35.9 Å². The predicted octanol–water partition coefficient (Wildman–Crippen LogP) is 3.73. The molecule has 2 aromatic rings. The molecule has 2 N–H and O–H groups in total. The minimum absolute atomic E-state index is 0.132. The minimum atomic E-state index is -0.411. The monoisotopic (exact) mass is 221 g/mol. The van der Waals surface area contributed by atoms with Crippen LogP contribution in [0, 0.1) is 5.82 Å². The average Bonchev–Trinajstić information content (AvgIpc) is 2.23. The zero-order valence-electron chi connectivity index (χ0n) is 7.87. The zero-order chi connectivity index (χ0) is 10.8. The zero-order valence-corrected chi connectivity index (χ0v) is 8.63. The number of nitrogens with two attached hydrogens (primary N) is 1. The largest absolute Gasteiger partial charge is 0.396 e. The molecule has 0 aliphatic rings. The van der Waals surface area contributed by atoms with Gasteiger partial charge in [0.05, 0.1) is 5.69 Å². The molecule has 0 aliphatic carbocycles. The predicted molar refractivity (Wildman–Crippen MR) is 61.3 cm³/mol. The lowest BCUT2D eigenvalue weighted by Crippen LogP contribution is -1.90. The molecular weight excluding hydrogens is 213 g/mol. The fourth-order valence-corrected chi connectivity index (χ4v) is 1.65. The molecule has 0 aliphatic heterocycles. The SMILES string of the molecule is Nc1cc(-c2ccccc2Cl)ccc1F. The highest BCUT2D eigenvalue weighted by Crippen LogP contribution is 2.29. The number of rotatable bonds is 1. The van der Waals surface area contributed by atoms with Crippen LogP contribution in [0.3, 0.4) is 0 Å². The summed E-state index contributed by atoms with van der Waals surface area (Å²) in [4.78, 5) is 0. The van der Waals surface area contributed by atoms with Crippen LogP contribution in [0.2, 0.25) is 5.02 Å². The van der Waals surface area contributed by atoms with Crippen molar-refractivity contribution in [3.05, 3.63) is 53.3 Å². The van der Waals surface area contributed by atoms with Crippen LogP contribution in [0.4, 0.5) is 10.1 Å². The summed E-state index contributed by atoms with van der Waals surface area (Å²) in [6.07, 6.45) is 0. The maximum Gasteiger partial charge on any atom is 0.146 e. The summed E-state index contributed by atoms with van der Waals surface area (Å²) in [6.45, 7) is 0. The van der Waals surface area contributed by atoms with Gasteiger partial charge in [0.1, 0.15) is 5.82 Å². The summed E-state index contributed by atoms with van der Waals surface area (Å²) in [6, 6.07) is 12.0. The van der Waals surface area contributed by atoms with E-state index in [0.717, 1.165) is 11.1 Å². The van der Waals surface area contributed by atoms with Crippen molar-refractivity contribution in [1.82, 2.24) is 0 Å². The number of benzene rings is 2. The Hall–Kier alpha value is -1.54. The third kappa shape index (κ3) is 1.95. The molecule has 0 atom stereocenters. The fourth-order valence-electron chi connectivity index (χ4n) is 1.41. The molecule has 0 fully saturated rings. The quantitative estimate of drug-likeness (QED) is 0.730. The van der Waals surface area contributed by atoms with Crippen molar-refractivity contribution < 1.29 is 4.39 Å². The first-order chi connectivity index (χ1) is 7.18. The smallest absolute Gasteiger partial charge is 0.146 e. The van der Waals surface area contributed by atoms with Gasteiger partial charge in [-0.25, -0.2) is 4.39 Å². The number of hydrogen-bond donors (Lipinski definition) is 1. The van der Waals surface area contributed by atoms with Crippen LogP contribution < -0.4 is 5.73 Å². The van der Waals surface area contributed by atoms with Crippen LogP contribution in [0.1, 0.15) is 0 Å². The van der Waals surface area contributed by atoms with Crippen LogP contribution >= 0.6 is 11.6 Å². The highest BCUT2D eigenvalue weighted by Gasteiger charge is 2.04. The Bertz CT molecular complexity index is 497. The second-order valence-electron chi connectivity index (χ2n) is 3.22. The van der Waals surface area contributed by atoms with Gasteiger partial charge in [-0.2, -0.15) is 0 Å². The number of halogens is 2. The lowest BCUT2D eigenvalue weighted by Gasteiger charge is -2.05. The van der Waals surface area contributed by atoms with Crippen molar-refractivity contribution in [2.24, 2.45) is 0 Å². The van der Waals surface area contributed by atoms with Crippen molar-refractivity contribution in [1.29, 1.82) is 0 Å². The van der Waals surface area contributed by atoms with E-state index < -0.39 is 5.82 Å². The van der Waals surface area contributed by atoms with Crippen LogP contribution in [-0.2, 0) is 0 Å². The van der Waals surface area contributed by atoms with Gasteiger partial charge in [0.15, 0.2) is 0 Å². The molecule has 0 saturated heterocycles. The summed E-state index contributed by atoms with van der Waals surface area (Å²) in [5, 5.41) is 0.628. The lowest BCUT2D eigenvalue weighted by atomic mass is 10.1. The first-order valence-electron chi connectivity index (χ1n) is 4.48. The molecular formula is C12H9ClFN. The second kappa shape index (κ2) is 3.91. The fraction of sp³-hybridized carbons (Fsp3) is 0. The maximum atomic E-state index is 13.0. The Kier molecular flexibility index (Phi) is 2.60. The van der Waals surface area contributed by atoms with Crippen LogP contribution in [0.5, 0.6) is 0 Å². The molecule has 0 unspecified atom stereocenters. The van der Waals surface area contributed by atoms with Crippen molar-refractivity contribution in [3.63, 3.8) is 0 Å². The molecule has 0 saturated carbocycles. The van der Waals surface area contributed by atoms with E-state index >= 15 is 0 Å². The third-order valence-electron chi connectivity index (χ3n) is 2.18. The molecule has 0 spiro atoms. The van der Waals surface area contributed by atoms with Gasteiger partial charge >= 0.3 is 0 Å².